The van der Waals surface area contributed by atoms with E-state index in [1.165, 1.54) is 69.2 Å². The van der Waals surface area contributed by atoms with Crippen molar-refractivity contribution in [1.82, 2.24) is 14.8 Å². The van der Waals surface area contributed by atoms with Gasteiger partial charge in [-0.15, -0.1) is 0 Å². The van der Waals surface area contributed by atoms with Crippen LogP contribution in [0.4, 0.5) is 0 Å². The van der Waals surface area contributed by atoms with Crippen LogP contribution in [0.25, 0.3) is 0 Å². The van der Waals surface area contributed by atoms with E-state index in [2.05, 4.69) is 45.1 Å². The predicted octanol–water partition coefficient (Wildman–Crippen LogP) is 5.14. The molecular formula is C26H37N3O. The van der Waals surface area contributed by atoms with Crippen LogP contribution in [0.3, 0.4) is 0 Å². The monoisotopic (exact) mass is 407 g/mol. The summed E-state index contributed by atoms with van der Waals surface area (Å²) in [6.45, 7) is 5.55. The van der Waals surface area contributed by atoms with Crippen LogP contribution >= 0.6 is 0 Å². The number of aromatic nitrogens is 1. The van der Waals surface area contributed by atoms with Crippen LogP contribution in [0.2, 0.25) is 0 Å². The van der Waals surface area contributed by atoms with Gasteiger partial charge >= 0.3 is 0 Å². The van der Waals surface area contributed by atoms with E-state index in [0.717, 1.165) is 37.3 Å². The third-order valence-electron chi connectivity index (χ3n) is 6.87. The summed E-state index contributed by atoms with van der Waals surface area (Å²) in [5.74, 6) is 1.73. The molecule has 0 bridgehead atoms. The summed E-state index contributed by atoms with van der Waals surface area (Å²) >= 11 is 0. The molecule has 2 aromatic rings. The number of pyridine rings is 1. The molecule has 4 rings (SSSR count). The fourth-order valence-corrected chi connectivity index (χ4v) is 5.40. The van der Waals surface area contributed by atoms with Crippen LogP contribution in [0.15, 0.2) is 48.8 Å². The average molecular weight is 408 g/mol. The number of piperidine rings is 1. The zero-order valence-corrected chi connectivity index (χ0v) is 18.5. The van der Waals surface area contributed by atoms with Gasteiger partial charge in [0.2, 0.25) is 0 Å². The van der Waals surface area contributed by atoms with Gasteiger partial charge in [-0.25, -0.2) is 0 Å². The van der Waals surface area contributed by atoms with Crippen molar-refractivity contribution in [3.8, 4) is 5.75 Å². The Kier molecular flexibility index (Phi) is 7.76. The molecule has 4 nitrogen and oxygen atoms in total. The molecule has 30 heavy (non-hydrogen) atoms. The van der Waals surface area contributed by atoms with Gasteiger partial charge in [0, 0.05) is 50.2 Å². The lowest BCUT2D eigenvalue weighted by Gasteiger charge is -2.41. The van der Waals surface area contributed by atoms with Gasteiger partial charge < -0.3 is 9.64 Å². The molecule has 1 aromatic carbocycles. The van der Waals surface area contributed by atoms with E-state index >= 15 is 0 Å². The lowest BCUT2D eigenvalue weighted by atomic mass is 9.90. The Bertz CT molecular complexity index is 760. The first-order valence-corrected chi connectivity index (χ1v) is 11.8. The van der Waals surface area contributed by atoms with E-state index in [1.807, 2.05) is 18.5 Å². The van der Waals surface area contributed by atoms with Crippen LogP contribution in [0.1, 0.15) is 56.1 Å². The van der Waals surface area contributed by atoms with Crippen molar-refractivity contribution < 1.29 is 4.74 Å². The number of rotatable bonds is 8. The van der Waals surface area contributed by atoms with Crippen molar-refractivity contribution in [3.63, 3.8) is 0 Å². The van der Waals surface area contributed by atoms with Gasteiger partial charge in [-0.2, -0.15) is 0 Å². The smallest absolute Gasteiger partial charge is 0.123 e. The fourth-order valence-electron chi connectivity index (χ4n) is 5.40. The molecule has 1 aliphatic carbocycles. The van der Waals surface area contributed by atoms with Crippen molar-refractivity contribution >= 4 is 0 Å². The highest BCUT2D eigenvalue weighted by atomic mass is 16.5. The first-order chi connectivity index (χ1) is 14.8. The summed E-state index contributed by atoms with van der Waals surface area (Å²) in [7, 11) is 1.77. The second-order valence-corrected chi connectivity index (χ2v) is 9.14. The van der Waals surface area contributed by atoms with Crippen molar-refractivity contribution in [1.29, 1.82) is 0 Å². The van der Waals surface area contributed by atoms with E-state index in [1.54, 1.807) is 7.11 Å². The van der Waals surface area contributed by atoms with Gasteiger partial charge in [0.15, 0.2) is 0 Å². The molecule has 2 aliphatic rings. The van der Waals surface area contributed by atoms with Crippen LogP contribution in [0, 0.1) is 5.92 Å². The minimum Gasteiger partial charge on any atom is -0.496 e. The third kappa shape index (κ3) is 5.83. The van der Waals surface area contributed by atoms with E-state index < -0.39 is 0 Å². The van der Waals surface area contributed by atoms with E-state index in [4.69, 9.17) is 4.74 Å². The number of likely N-dealkylation sites (tertiary alicyclic amines) is 1. The molecule has 1 saturated heterocycles. The Morgan fingerprint density at radius 3 is 2.67 bits per heavy atom. The summed E-state index contributed by atoms with van der Waals surface area (Å²) in [6.07, 6.45) is 13.7. The lowest BCUT2D eigenvalue weighted by Crippen LogP contribution is -2.46. The van der Waals surface area contributed by atoms with E-state index in [0.29, 0.717) is 0 Å². The second kappa shape index (κ2) is 10.9. The highest BCUT2D eigenvalue weighted by Crippen LogP contribution is 2.28. The Balaban J connectivity index is 1.44. The van der Waals surface area contributed by atoms with Crippen molar-refractivity contribution in [2.45, 2.75) is 64.1 Å². The minimum atomic E-state index is 0.743. The normalized spacial score (nSPS) is 21.1. The summed E-state index contributed by atoms with van der Waals surface area (Å²) in [5.41, 5.74) is 2.55. The number of hydrogen-bond acceptors (Lipinski definition) is 4. The molecule has 0 spiro atoms. The van der Waals surface area contributed by atoms with Crippen LogP contribution in [-0.4, -0.2) is 47.6 Å². The zero-order valence-electron chi connectivity index (χ0n) is 18.5. The number of ether oxygens (including phenoxy) is 1. The maximum absolute atomic E-state index is 5.64. The molecule has 1 aliphatic heterocycles. The molecule has 2 heterocycles. The predicted molar refractivity (Wildman–Crippen MR) is 123 cm³/mol. The van der Waals surface area contributed by atoms with Crippen LogP contribution in [-0.2, 0) is 13.1 Å². The van der Waals surface area contributed by atoms with Crippen LogP contribution < -0.4 is 4.74 Å². The Hall–Kier alpha value is -1.91. The number of methoxy groups -OCH3 is 1. The molecule has 0 N–H and O–H groups in total. The van der Waals surface area contributed by atoms with E-state index in [-0.39, 0.29) is 0 Å². The Labute approximate surface area is 182 Å². The number of nitrogens with zero attached hydrogens (tertiary/aromatic N) is 3. The SMILES string of the molecule is COc1ccccc1CN(Cc1cccnc1)C[C@@H]1CCCN(C2CCCCC2)C1. The van der Waals surface area contributed by atoms with Crippen molar-refractivity contribution in [2.75, 3.05) is 26.7 Å². The lowest BCUT2D eigenvalue weighted by molar-refractivity contribution is 0.0769. The first-order valence-electron chi connectivity index (χ1n) is 11.8. The molecule has 162 valence electrons. The van der Waals surface area contributed by atoms with Gasteiger partial charge in [-0.1, -0.05) is 43.5 Å². The standard InChI is InChI=1S/C26H37N3O/c1-30-26-14-6-5-11-24(26)21-28(18-22-9-7-15-27-17-22)19-23-10-8-16-29(20-23)25-12-3-2-4-13-25/h5-7,9,11,14-15,17,23,25H,2-4,8,10,12-13,16,18-21H2,1H3/t23-/m0/s1. The molecule has 0 radical (unpaired) electrons. The molecule has 1 atom stereocenters. The highest BCUT2D eigenvalue weighted by Gasteiger charge is 2.28. The average Bonchev–Trinajstić information content (AvgIpc) is 2.81. The van der Waals surface area contributed by atoms with Gasteiger partial charge in [-0.3, -0.25) is 9.88 Å². The molecular weight excluding hydrogens is 370 g/mol. The van der Waals surface area contributed by atoms with Gasteiger partial charge in [-0.05, 0) is 55.8 Å². The maximum Gasteiger partial charge on any atom is 0.123 e. The first kappa shape index (κ1) is 21.3. The molecule has 1 saturated carbocycles. The molecule has 1 aromatic heterocycles. The zero-order chi connectivity index (χ0) is 20.6. The molecule has 4 heteroatoms. The summed E-state index contributed by atoms with van der Waals surface area (Å²) in [4.78, 5) is 9.76. The second-order valence-electron chi connectivity index (χ2n) is 9.14. The number of para-hydroxylation sites is 1. The largest absolute Gasteiger partial charge is 0.496 e. The van der Waals surface area contributed by atoms with Crippen LogP contribution in [0.5, 0.6) is 5.75 Å². The molecule has 2 fully saturated rings. The van der Waals surface area contributed by atoms with Crippen molar-refractivity contribution in [3.05, 3.63) is 59.9 Å². The number of benzene rings is 1. The maximum atomic E-state index is 5.64. The Morgan fingerprint density at radius 1 is 1.00 bits per heavy atom. The Morgan fingerprint density at radius 2 is 1.87 bits per heavy atom. The van der Waals surface area contributed by atoms with Gasteiger partial charge in [0.1, 0.15) is 5.75 Å². The fraction of sp³-hybridized carbons (Fsp3) is 0.577. The minimum absolute atomic E-state index is 0.743. The number of hydrogen-bond donors (Lipinski definition) is 0. The molecule has 0 amide bonds. The van der Waals surface area contributed by atoms with Gasteiger partial charge in [0.05, 0.1) is 7.11 Å². The van der Waals surface area contributed by atoms with Crippen molar-refractivity contribution in [2.24, 2.45) is 5.92 Å². The quantitative estimate of drug-likeness (QED) is 0.606. The topological polar surface area (TPSA) is 28.6 Å². The summed E-state index contributed by atoms with van der Waals surface area (Å²) < 4.78 is 5.64. The summed E-state index contributed by atoms with van der Waals surface area (Å²) in [6, 6.07) is 13.5. The summed E-state index contributed by atoms with van der Waals surface area (Å²) in [5, 5.41) is 0. The highest BCUT2D eigenvalue weighted by molar-refractivity contribution is 5.33. The third-order valence-corrected chi connectivity index (χ3v) is 6.87. The van der Waals surface area contributed by atoms with Gasteiger partial charge in [0.25, 0.3) is 0 Å². The molecule has 0 unspecified atom stereocenters. The van der Waals surface area contributed by atoms with E-state index in [9.17, 15) is 0 Å².